The SMILES string of the molecule is [2H]CCC1(O)O[C@H](COCc2ccccc2)[C@@H](OCc2ccccc2)[C@H](OCc2ccccc2)[C@H]1OCc1ccccc1. The van der Waals surface area contributed by atoms with Crippen molar-refractivity contribution in [2.24, 2.45) is 0 Å². The molecule has 0 spiro atoms. The summed E-state index contributed by atoms with van der Waals surface area (Å²) in [6, 6.07) is 39.5. The molecule has 220 valence electrons. The molecule has 4 aromatic rings. The first kappa shape index (κ1) is 28.7. The summed E-state index contributed by atoms with van der Waals surface area (Å²) in [6.45, 7) is 1.33. The van der Waals surface area contributed by atoms with Crippen molar-refractivity contribution in [3.63, 3.8) is 0 Å². The molecule has 5 atom stereocenters. The quantitative estimate of drug-likeness (QED) is 0.188. The van der Waals surface area contributed by atoms with Crippen molar-refractivity contribution in [2.45, 2.75) is 70.0 Å². The third-order valence-electron chi connectivity index (χ3n) is 7.38. The zero-order chi connectivity index (χ0) is 29.7. The Kier molecular flexibility index (Phi) is 10.4. The lowest BCUT2D eigenvalue weighted by molar-refractivity contribution is -0.371. The molecule has 42 heavy (non-hydrogen) atoms. The number of hydrogen-bond donors (Lipinski definition) is 1. The number of ether oxygens (including phenoxy) is 5. The van der Waals surface area contributed by atoms with E-state index in [1.807, 2.05) is 121 Å². The maximum absolute atomic E-state index is 12.0. The average molecular weight is 570 g/mol. The van der Waals surface area contributed by atoms with E-state index in [0.29, 0.717) is 13.2 Å². The van der Waals surface area contributed by atoms with E-state index in [4.69, 9.17) is 25.1 Å². The molecule has 0 bridgehead atoms. The van der Waals surface area contributed by atoms with Crippen LogP contribution in [0.3, 0.4) is 0 Å². The number of rotatable bonds is 14. The number of aliphatic hydroxyl groups is 1. The van der Waals surface area contributed by atoms with Crippen LogP contribution in [0, 0.1) is 0 Å². The van der Waals surface area contributed by atoms with Gasteiger partial charge in [0.15, 0.2) is 5.79 Å². The fraction of sp³-hybridized carbons (Fsp3) is 0.333. The molecule has 1 unspecified atom stereocenters. The Morgan fingerprint density at radius 2 is 1.05 bits per heavy atom. The Morgan fingerprint density at radius 3 is 1.52 bits per heavy atom. The van der Waals surface area contributed by atoms with Crippen molar-refractivity contribution >= 4 is 0 Å². The minimum atomic E-state index is -1.79. The maximum atomic E-state index is 12.0. The average Bonchev–Trinajstić information content (AvgIpc) is 3.05. The highest BCUT2D eigenvalue weighted by molar-refractivity contribution is 5.16. The van der Waals surface area contributed by atoms with Crippen molar-refractivity contribution in [1.29, 1.82) is 0 Å². The number of hydrogen-bond acceptors (Lipinski definition) is 6. The van der Waals surface area contributed by atoms with Crippen molar-refractivity contribution < 1.29 is 30.2 Å². The summed E-state index contributed by atoms with van der Waals surface area (Å²) < 4.78 is 40.2. The molecule has 1 heterocycles. The van der Waals surface area contributed by atoms with E-state index < -0.39 is 30.2 Å². The minimum absolute atomic E-state index is 0.0399. The zero-order valence-electron chi connectivity index (χ0n) is 24.8. The lowest BCUT2D eigenvalue weighted by Crippen LogP contribution is -2.67. The van der Waals surface area contributed by atoms with Crippen molar-refractivity contribution in [3.8, 4) is 0 Å². The molecule has 6 heteroatoms. The van der Waals surface area contributed by atoms with Crippen LogP contribution in [0.25, 0.3) is 0 Å². The van der Waals surface area contributed by atoms with Crippen molar-refractivity contribution in [2.75, 3.05) is 6.61 Å². The summed E-state index contributed by atoms with van der Waals surface area (Å²) in [5.74, 6) is -1.79. The minimum Gasteiger partial charge on any atom is -0.374 e. The summed E-state index contributed by atoms with van der Waals surface area (Å²) in [4.78, 5) is 0. The summed E-state index contributed by atoms with van der Waals surface area (Å²) in [5, 5.41) is 12.0. The molecule has 6 nitrogen and oxygen atoms in total. The Hall–Kier alpha value is -3.36. The first-order valence-electron chi connectivity index (χ1n) is 15.1. The van der Waals surface area contributed by atoms with Crippen LogP contribution in [0.4, 0.5) is 0 Å². The molecule has 5 rings (SSSR count). The van der Waals surface area contributed by atoms with E-state index in [9.17, 15) is 5.11 Å². The van der Waals surface area contributed by atoms with Crippen molar-refractivity contribution in [1.82, 2.24) is 0 Å². The maximum Gasteiger partial charge on any atom is 0.195 e. The van der Waals surface area contributed by atoms with E-state index in [1.54, 1.807) is 0 Å². The van der Waals surface area contributed by atoms with Crippen LogP contribution in [0.5, 0.6) is 0 Å². The molecule has 0 amide bonds. The van der Waals surface area contributed by atoms with Gasteiger partial charge in [0, 0.05) is 7.79 Å². The van der Waals surface area contributed by atoms with Gasteiger partial charge in [0.05, 0.1) is 33.0 Å². The third-order valence-corrected chi connectivity index (χ3v) is 7.38. The second-order valence-corrected chi connectivity index (χ2v) is 10.5. The second kappa shape index (κ2) is 15.2. The van der Waals surface area contributed by atoms with Gasteiger partial charge in [-0.05, 0) is 22.3 Å². The van der Waals surface area contributed by atoms with Crippen LogP contribution in [0.1, 0.15) is 36.9 Å². The second-order valence-electron chi connectivity index (χ2n) is 10.5. The van der Waals surface area contributed by atoms with E-state index >= 15 is 0 Å². The van der Waals surface area contributed by atoms with Gasteiger partial charge in [-0.15, -0.1) is 0 Å². The van der Waals surface area contributed by atoms with E-state index in [2.05, 4.69) is 0 Å². The van der Waals surface area contributed by atoms with Crippen LogP contribution in [-0.4, -0.2) is 41.9 Å². The lowest BCUT2D eigenvalue weighted by Gasteiger charge is -2.50. The molecular formula is C36H40O6. The molecule has 1 fully saturated rings. The smallest absolute Gasteiger partial charge is 0.195 e. The zero-order valence-corrected chi connectivity index (χ0v) is 23.8. The van der Waals surface area contributed by atoms with Gasteiger partial charge in [-0.2, -0.15) is 0 Å². The first-order valence-corrected chi connectivity index (χ1v) is 14.4. The van der Waals surface area contributed by atoms with Gasteiger partial charge in [-0.3, -0.25) is 0 Å². The standard InChI is InChI=1S/C36H40O6/c1-2-36(37)35(41-26-31-21-13-6-14-22-31)34(40-25-30-19-11-5-12-20-30)33(39-24-29-17-9-4-10-18-29)32(42-36)27-38-23-28-15-7-3-8-16-28/h3-22,32-35,37H,2,23-27H2,1H3/t32-,33-,34+,35-,36?/m1/s1/i1D. The van der Waals surface area contributed by atoms with Gasteiger partial charge >= 0.3 is 0 Å². The Balaban J connectivity index is 1.44. The largest absolute Gasteiger partial charge is 0.374 e. The van der Waals surface area contributed by atoms with Gasteiger partial charge < -0.3 is 28.8 Å². The molecule has 0 radical (unpaired) electrons. The Bertz CT molecular complexity index is 1330. The fourth-order valence-corrected chi connectivity index (χ4v) is 5.14. The molecule has 1 saturated heterocycles. The molecular weight excluding hydrogens is 528 g/mol. The van der Waals surface area contributed by atoms with Gasteiger partial charge in [-0.1, -0.05) is 128 Å². The monoisotopic (exact) mass is 569 g/mol. The third kappa shape index (κ3) is 8.13. The van der Waals surface area contributed by atoms with Crippen molar-refractivity contribution in [3.05, 3.63) is 144 Å². The van der Waals surface area contributed by atoms with Crippen LogP contribution in [0.2, 0.25) is 0 Å². The summed E-state index contributed by atoms with van der Waals surface area (Å²) in [6.07, 6.45) is -2.91. The van der Waals surface area contributed by atoms with E-state index in [0.717, 1.165) is 22.3 Å². The van der Waals surface area contributed by atoms with E-state index in [1.165, 1.54) is 0 Å². The highest BCUT2D eigenvalue weighted by atomic mass is 16.7. The Labute approximate surface area is 250 Å². The summed E-state index contributed by atoms with van der Waals surface area (Å²) in [5.41, 5.74) is 3.97. The summed E-state index contributed by atoms with van der Waals surface area (Å²) in [7, 11) is 0. The topological polar surface area (TPSA) is 66.4 Å². The van der Waals surface area contributed by atoms with Gasteiger partial charge in [-0.25, -0.2) is 0 Å². The van der Waals surface area contributed by atoms with Gasteiger partial charge in [0.1, 0.15) is 24.4 Å². The Morgan fingerprint density at radius 1 is 0.619 bits per heavy atom. The lowest BCUT2D eigenvalue weighted by atomic mass is 9.90. The molecule has 1 aliphatic heterocycles. The van der Waals surface area contributed by atoms with Crippen LogP contribution in [0.15, 0.2) is 121 Å². The first-order chi connectivity index (χ1) is 21.1. The highest BCUT2D eigenvalue weighted by Crippen LogP contribution is 2.37. The predicted octanol–water partition coefficient (Wildman–Crippen LogP) is 6.46. The summed E-state index contributed by atoms with van der Waals surface area (Å²) >= 11 is 0. The van der Waals surface area contributed by atoms with Crippen LogP contribution in [-0.2, 0) is 50.1 Å². The van der Waals surface area contributed by atoms with Gasteiger partial charge in [0.25, 0.3) is 0 Å². The number of benzene rings is 4. The fourth-order valence-electron chi connectivity index (χ4n) is 5.14. The molecule has 0 aromatic heterocycles. The molecule has 1 aliphatic rings. The van der Waals surface area contributed by atoms with Crippen LogP contribution >= 0.6 is 0 Å². The molecule has 1 N–H and O–H groups in total. The molecule has 0 aliphatic carbocycles. The van der Waals surface area contributed by atoms with Crippen LogP contribution < -0.4 is 0 Å². The highest BCUT2D eigenvalue weighted by Gasteiger charge is 2.55. The predicted molar refractivity (Wildman–Crippen MR) is 161 cm³/mol. The van der Waals surface area contributed by atoms with E-state index in [-0.39, 0.29) is 33.1 Å². The molecule has 4 aromatic carbocycles. The van der Waals surface area contributed by atoms with Gasteiger partial charge in [0.2, 0.25) is 0 Å². The normalized spacial score (nSPS) is 24.3. The molecule has 0 saturated carbocycles.